The number of ether oxygens (including phenoxy) is 2. The van der Waals surface area contributed by atoms with Crippen molar-refractivity contribution in [2.75, 3.05) is 20.8 Å². The highest BCUT2D eigenvalue weighted by Crippen LogP contribution is 2.39. The molecule has 0 aromatic heterocycles. The molecule has 1 atom stereocenters. The normalized spacial score (nSPS) is 16.4. The molecule has 4 nitrogen and oxygen atoms in total. The van der Waals surface area contributed by atoms with E-state index in [1.807, 2.05) is 30.3 Å². The summed E-state index contributed by atoms with van der Waals surface area (Å²) in [6, 6.07) is 11.4. The van der Waals surface area contributed by atoms with Crippen molar-refractivity contribution in [3.05, 3.63) is 53.1 Å². The van der Waals surface area contributed by atoms with Crippen molar-refractivity contribution in [2.45, 2.75) is 12.5 Å². The molecule has 2 N–H and O–H groups in total. The quantitative estimate of drug-likeness (QED) is 0.912. The first kappa shape index (κ1) is 16.5. The molecule has 118 valence electrons. The second-order valence-electron chi connectivity index (χ2n) is 5.10. The molecule has 0 saturated heterocycles. The van der Waals surface area contributed by atoms with Crippen LogP contribution in [0.5, 0.6) is 17.2 Å². The summed E-state index contributed by atoms with van der Waals surface area (Å²) in [5, 5.41) is 13.6. The Morgan fingerprint density at radius 3 is 2.41 bits per heavy atom. The first-order chi connectivity index (χ1) is 10.2. The molecule has 2 aromatic carbocycles. The molecule has 1 aliphatic rings. The Morgan fingerprint density at radius 2 is 1.73 bits per heavy atom. The van der Waals surface area contributed by atoms with Crippen LogP contribution >= 0.6 is 12.4 Å². The molecular weight excluding hydrogens is 302 g/mol. The van der Waals surface area contributed by atoms with Gasteiger partial charge in [0.2, 0.25) is 0 Å². The van der Waals surface area contributed by atoms with Gasteiger partial charge in [-0.25, -0.2) is 0 Å². The lowest BCUT2D eigenvalue weighted by atomic mass is 9.89. The number of nitrogens with one attached hydrogen (secondary N) is 1. The molecule has 1 unspecified atom stereocenters. The molecule has 0 aliphatic carbocycles. The molecule has 0 saturated carbocycles. The molecule has 1 heterocycles. The number of para-hydroxylation sites is 1. The van der Waals surface area contributed by atoms with Gasteiger partial charge in [0.05, 0.1) is 20.3 Å². The summed E-state index contributed by atoms with van der Waals surface area (Å²) >= 11 is 0. The Kier molecular flexibility index (Phi) is 5.16. The minimum absolute atomic E-state index is 0. The smallest absolute Gasteiger partial charge is 0.161 e. The van der Waals surface area contributed by atoms with Crippen LogP contribution in [0, 0.1) is 0 Å². The lowest BCUT2D eigenvalue weighted by Gasteiger charge is -2.29. The lowest BCUT2D eigenvalue weighted by Crippen LogP contribution is -2.30. The molecule has 0 fully saturated rings. The van der Waals surface area contributed by atoms with Crippen LogP contribution in [0.3, 0.4) is 0 Å². The Hall–Kier alpha value is -1.91. The van der Waals surface area contributed by atoms with E-state index in [0.717, 1.165) is 29.8 Å². The van der Waals surface area contributed by atoms with Crippen LogP contribution in [0.25, 0.3) is 0 Å². The largest absolute Gasteiger partial charge is 0.508 e. The summed E-state index contributed by atoms with van der Waals surface area (Å²) in [5.74, 6) is 1.76. The Morgan fingerprint density at radius 1 is 1.05 bits per heavy atom. The molecule has 0 bridgehead atoms. The summed E-state index contributed by atoms with van der Waals surface area (Å²) in [6.45, 7) is 0.863. The molecule has 3 rings (SSSR count). The summed E-state index contributed by atoms with van der Waals surface area (Å²) in [4.78, 5) is 0. The summed E-state index contributed by atoms with van der Waals surface area (Å²) in [5.41, 5.74) is 3.23. The van der Waals surface area contributed by atoms with E-state index in [4.69, 9.17) is 9.47 Å². The zero-order chi connectivity index (χ0) is 14.8. The van der Waals surface area contributed by atoms with Gasteiger partial charge in [0.1, 0.15) is 5.75 Å². The number of hydrogen-bond donors (Lipinski definition) is 2. The van der Waals surface area contributed by atoms with Crippen molar-refractivity contribution in [2.24, 2.45) is 0 Å². The van der Waals surface area contributed by atoms with Gasteiger partial charge in [0, 0.05) is 12.1 Å². The van der Waals surface area contributed by atoms with E-state index >= 15 is 0 Å². The minimum Gasteiger partial charge on any atom is -0.508 e. The molecule has 1 aliphatic heterocycles. The first-order valence-corrected chi connectivity index (χ1v) is 7.00. The molecule has 5 heteroatoms. The van der Waals surface area contributed by atoms with Crippen molar-refractivity contribution in [3.8, 4) is 17.2 Å². The summed E-state index contributed by atoms with van der Waals surface area (Å²) < 4.78 is 10.8. The van der Waals surface area contributed by atoms with Crippen LogP contribution in [0.4, 0.5) is 0 Å². The van der Waals surface area contributed by atoms with E-state index in [-0.39, 0.29) is 18.4 Å². The maximum absolute atomic E-state index is 10.1. The van der Waals surface area contributed by atoms with Crippen molar-refractivity contribution in [1.82, 2.24) is 5.32 Å². The highest BCUT2D eigenvalue weighted by Gasteiger charge is 2.25. The Labute approximate surface area is 136 Å². The van der Waals surface area contributed by atoms with Gasteiger partial charge < -0.3 is 19.9 Å². The predicted octanol–water partition coefficient (Wildman–Crippen LogP) is 3.07. The molecule has 0 amide bonds. The van der Waals surface area contributed by atoms with Gasteiger partial charge in [-0.05, 0) is 35.7 Å². The van der Waals surface area contributed by atoms with Gasteiger partial charge in [-0.1, -0.05) is 18.2 Å². The number of halogens is 1. The van der Waals surface area contributed by atoms with Gasteiger partial charge in [-0.2, -0.15) is 0 Å². The average molecular weight is 322 g/mol. The van der Waals surface area contributed by atoms with Crippen molar-refractivity contribution < 1.29 is 14.6 Å². The molecule has 0 spiro atoms. The van der Waals surface area contributed by atoms with Crippen molar-refractivity contribution in [3.63, 3.8) is 0 Å². The number of fused-ring (bicyclic) bond motifs is 1. The Balaban J connectivity index is 0.00000176. The fourth-order valence-electron chi connectivity index (χ4n) is 2.89. The summed E-state index contributed by atoms with van der Waals surface area (Å²) in [6.07, 6.45) is 0.930. The third-order valence-electron chi connectivity index (χ3n) is 3.95. The van der Waals surface area contributed by atoms with Gasteiger partial charge in [0.25, 0.3) is 0 Å². The van der Waals surface area contributed by atoms with Crippen LogP contribution in [0.15, 0.2) is 36.4 Å². The zero-order valence-corrected chi connectivity index (χ0v) is 13.4. The third-order valence-corrected chi connectivity index (χ3v) is 3.95. The van der Waals surface area contributed by atoms with E-state index in [2.05, 4.69) is 5.32 Å². The summed E-state index contributed by atoms with van der Waals surface area (Å²) in [7, 11) is 3.28. The highest BCUT2D eigenvalue weighted by molar-refractivity contribution is 5.85. The second-order valence-corrected chi connectivity index (χ2v) is 5.10. The van der Waals surface area contributed by atoms with E-state index < -0.39 is 0 Å². The van der Waals surface area contributed by atoms with E-state index in [0.29, 0.717) is 11.5 Å². The second kappa shape index (κ2) is 6.90. The maximum Gasteiger partial charge on any atom is 0.161 e. The van der Waals surface area contributed by atoms with Crippen molar-refractivity contribution >= 4 is 12.4 Å². The number of rotatable bonds is 3. The number of hydrogen-bond acceptors (Lipinski definition) is 4. The zero-order valence-electron chi connectivity index (χ0n) is 12.6. The van der Waals surface area contributed by atoms with Gasteiger partial charge in [-0.15, -0.1) is 12.4 Å². The van der Waals surface area contributed by atoms with Crippen LogP contribution in [0.1, 0.15) is 22.7 Å². The van der Waals surface area contributed by atoms with Crippen LogP contribution in [-0.2, 0) is 6.42 Å². The number of benzene rings is 2. The number of aromatic hydroxyl groups is 1. The van der Waals surface area contributed by atoms with E-state index in [9.17, 15) is 5.11 Å². The molecule has 22 heavy (non-hydrogen) atoms. The van der Waals surface area contributed by atoms with Crippen LogP contribution in [0.2, 0.25) is 0 Å². The third kappa shape index (κ3) is 2.85. The minimum atomic E-state index is -0.0326. The highest BCUT2D eigenvalue weighted by atomic mass is 35.5. The molecular formula is C17H20ClNO3. The maximum atomic E-state index is 10.1. The van der Waals surface area contributed by atoms with Crippen molar-refractivity contribution in [1.29, 1.82) is 0 Å². The lowest BCUT2D eigenvalue weighted by molar-refractivity contribution is 0.352. The fourth-order valence-corrected chi connectivity index (χ4v) is 2.89. The number of phenols is 1. The van der Waals surface area contributed by atoms with E-state index in [1.54, 1.807) is 20.3 Å². The average Bonchev–Trinajstić information content (AvgIpc) is 2.53. The van der Waals surface area contributed by atoms with Crippen LogP contribution < -0.4 is 14.8 Å². The fraction of sp³-hybridized carbons (Fsp3) is 0.294. The van der Waals surface area contributed by atoms with Crippen LogP contribution in [-0.4, -0.2) is 25.9 Å². The number of phenolic OH excluding ortho intramolecular Hbond substituents is 1. The van der Waals surface area contributed by atoms with Gasteiger partial charge >= 0.3 is 0 Å². The van der Waals surface area contributed by atoms with Gasteiger partial charge in [-0.3, -0.25) is 0 Å². The standard InChI is InChI=1S/C17H19NO3.ClH/c1-20-15-9-11-7-8-18-17(13(11)10-16(15)21-2)12-5-3-4-6-14(12)19;/h3-6,9-10,17-19H,7-8H2,1-2H3;1H. The van der Waals surface area contributed by atoms with E-state index in [1.165, 1.54) is 5.56 Å². The number of methoxy groups -OCH3 is 2. The molecule has 2 aromatic rings. The Bertz CT molecular complexity index is 660. The van der Waals surface area contributed by atoms with Gasteiger partial charge in [0.15, 0.2) is 11.5 Å². The predicted molar refractivity (Wildman–Crippen MR) is 88.5 cm³/mol. The monoisotopic (exact) mass is 321 g/mol. The molecule has 0 radical (unpaired) electrons. The first-order valence-electron chi connectivity index (χ1n) is 7.00. The topological polar surface area (TPSA) is 50.7 Å². The SMILES string of the molecule is COc1cc2c(cc1OC)C(c1ccccc1O)NCC2.Cl.